The molecule has 2 amide bonds. The van der Waals surface area contributed by atoms with Crippen LogP contribution in [0.25, 0.3) is 11.3 Å². The van der Waals surface area contributed by atoms with E-state index in [0.29, 0.717) is 17.2 Å². The van der Waals surface area contributed by atoms with E-state index in [2.05, 4.69) is 10.3 Å². The highest BCUT2D eigenvalue weighted by molar-refractivity contribution is 7.14. The lowest BCUT2D eigenvalue weighted by atomic mass is 10.1. The summed E-state index contributed by atoms with van der Waals surface area (Å²) < 4.78 is 0. The molecule has 8 nitrogen and oxygen atoms in total. The Morgan fingerprint density at radius 1 is 1.13 bits per heavy atom. The third kappa shape index (κ3) is 5.95. The van der Waals surface area contributed by atoms with Crippen molar-refractivity contribution in [1.29, 1.82) is 0 Å². The van der Waals surface area contributed by atoms with E-state index in [9.17, 15) is 19.7 Å². The first kappa shape index (κ1) is 22.1. The van der Waals surface area contributed by atoms with Crippen LogP contribution in [0, 0.1) is 16.0 Å². The van der Waals surface area contributed by atoms with Gasteiger partial charge in [-0.3, -0.25) is 19.7 Å². The van der Waals surface area contributed by atoms with E-state index in [1.165, 1.54) is 40.5 Å². The zero-order valence-electron chi connectivity index (χ0n) is 17.1. The number of hydrogen-bond acceptors (Lipinski definition) is 6. The molecule has 0 saturated heterocycles. The van der Waals surface area contributed by atoms with Gasteiger partial charge in [0, 0.05) is 35.2 Å². The standard InChI is InChI=1S/C22H22N4O4S/c1-15(2)12-25(21(28)17-8-10-18(11-9-17)26(29)30)13-20(27)24-22-23-19(14-31-22)16-6-4-3-5-7-16/h3-11,14-15H,12-13H2,1-2H3,(H,23,24,27). The van der Waals surface area contributed by atoms with Gasteiger partial charge in [0.25, 0.3) is 11.6 Å². The van der Waals surface area contributed by atoms with Crippen molar-refractivity contribution in [3.05, 3.63) is 75.7 Å². The number of carbonyl (C=O) groups excluding carboxylic acids is 2. The Kier molecular flexibility index (Phi) is 7.09. The van der Waals surface area contributed by atoms with Crippen LogP contribution < -0.4 is 5.32 Å². The Morgan fingerprint density at radius 2 is 1.81 bits per heavy atom. The summed E-state index contributed by atoms with van der Waals surface area (Å²) in [5.41, 5.74) is 1.92. The third-order valence-electron chi connectivity index (χ3n) is 4.35. The Hall–Kier alpha value is -3.59. The Morgan fingerprint density at radius 3 is 2.42 bits per heavy atom. The number of thiazole rings is 1. The summed E-state index contributed by atoms with van der Waals surface area (Å²) in [6.45, 7) is 4.12. The summed E-state index contributed by atoms with van der Waals surface area (Å²) in [7, 11) is 0. The van der Waals surface area contributed by atoms with E-state index < -0.39 is 4.92 Å². The predicted molar refractivity (Wildman–Crippen MR) is 120 cm³/mol. The lowest BCUT2D eigenvalue weighted by Gasteiger charge is -2.24. The summed E-state index contributed by atoms with van der Waals surface area (Å²) >= 11 is 1.31. The van der Waals surface area contributed by atoms with Crippen molar-refractivity contribution in [3.63, 3.8) is 0 Å². The first-order chi connectivity index (χ1) is 14.8. The van der Waals surface area contributed by atoms with Gasteiger partial charge in [0.15, 0.2) is 5.13 Å². The van der Waals surface area contributed by atoms with Crippen LogP contribution in [-0.4, -0.2) is 39.7 Å². The number of non-ortho nitro benzene ring substituents is 1. The van der Waals surface area contributed by atoms with E-state index in [1.54, 1.807) is 0 Å². The molecule has 0 saturated carbocycles. The number of nitrogens with one attached hydrogen (secondary N) is 1. The van der Waals surface area contributed by atoms with Crippen molar-refractivity contribution < 1.29 is 14.5 Å². The lowest BCUT2D eigenvalue weighted by Crippen LogP contribution is -2.40. The topological polar surface area (TPSA) is 105 Å². The minimum atomic E-state index is -0.523. The molecule has 0 atom stereocenters. The molecule has 0 aliphatic heterocycles. The normalized spacial score (nSPS) is 10.7. The third-order valence-corrected chi connectivity index (χ3v) is 5.11. The maximum absolute atomic E-state index is 12.9. The first-order valence-electron chi connectivity index (χ1n) is 9.68. The van der Waals surface area contributed by atoms with Gasteiger partial charge in [0.1, 0.15) is 6.54 Å². The van der Waals surface area contributed by atoms with Gasteiger partial charge >= 0.3 is 0 Å². The molecular weight excluding hydrogens is 416 g/mol. The molecule has 1 N–H and O–H groups in total. The summed E-state index contributed by atoms with van der Waals surface area (Å²) in [5.74, 6) is -0.577. The molecule has 31 heavy (non-hydrogen) atoms. The summed E-state index contributed by atoms with van der Waals surface area (Å²) in [4.78, 5) is 41.7. The van der Waals surface area contributed by atoms with Gasteiger partial charge in [-0.1, -0.05) is 44.2 Å². The van der Waals surface area contributed by atoms with Crippen LogP contribution in [0.15, 0.2) is 60.0 Å². The number of nitro benzene ring substituents is 1. The maximum atomic E-state index is 12.9. The molecule has 3 rings (SSSR count). The van der Waals surface area contributed by atoms with Gasteiger partial charge < -0.3 is 10.2 Å². The van der Waals surface area contributed by atoms with E-state index in [4.69, 9.17) is 0 Å². The Bertz CT molecular complexity index is 1060. The van der Waals surface area contributed by atoms with Gasteiger partial charge in [-0.05, 0) is 18.1 Å². The van der Waals surface area contributed by atoms with Gasteiger partial charge in [0.2, 0.25) is 5.91 Å². The van der Waals surface area contributed by atoms with Crippen LogP contribution in [0.1, 0.15) is 24.2 Å². The van der Waals surface area contributed by atoms with Gasteiger partial charge in [-0.15, -0.1) is 11.3 Å². The van der Waals surface area contributed by atoms with Crippen LogP contribution in [0.5, 0.6) is 0 Å². The lowest BCUT2D eigenvalue weighted by molar-refractivity contribution is -0.384. The molecular formula is C22H22N4O4S. The molecule has 0 bridgehead atoms. The number of benzene rings is 2. The fourth-order valence-corrected chi connectivity index (χ4v) is 3.71. The molecule has 0 fully saturated rings. The molecule has 0 aliphatic carbocycles. The van der Waals surface area contributed by atoms with Crippen molar-refractivity contribution in [2.75, 3.05) is 18.4 Å². The average Bonchev–Trinajstić information content (AvgIpc) is 3.21. The molecule has 0 aliphatic rings. The molecule has 1 heterocycles. The molecule has 160 valence electrons. The number of hydrogen-bond donors (Lipinski definition) is 1. The van der Waals surface area contributed by atoms with Gasteiger partial charge in [-0.2, -0.15) is 0 Å². The molecule has 0 spiro atoms. The monoisotopic (exact) mass is 438 g/mol. The zero-order valence-corrected chi connectivity index (χ0v) is 18.0. The van der Waals surface area contributed by atoms with Crippen molar-refractivity contribution in [3.8, 4) is 11.3 Å². The summed E-state index contributed by atoms with van der Waals surface area (Å²) in [6, 6.07) is 15.0. The number of carbonyl (C=O) groups is 2. The van der Waals surface area contributed by atoms with Crippen LogP contribution in [0.4, 0.5) is 10.8 Å². The van der Waals surface area contributed by atoms with E-state index in [0.717, 1.165) is 11.3 Å². The fraction of sp³-hybridized carbons (Fsp3) is 0.227. The van der Waals surface area contributed by atoms with Crippen LogP contribution in [-0.2, 0) is 4.79 Å². The molecule has 0 unspecified atom stereocenters. The zero-order chi connectivity index (χ0) is 22.4. The largest absolute Gasteiger partial charge is 0.329 e. The first-order valence-corrected chi connectivity index (χ1v) is 10.6. The number of aromatic nitrogens is 1. The van der Waals surface area contributed by atoms with Crippen LogP contribution in [0.3, 0.4) is 0 Å². The number of anilines is 1. The number of nitrogens with zero attached hydrogens (tertiary/aromatic N) is 3. The van der Waals surface area contributed by atoms with E-state index in [-0.39, 0.29) is 30.0 Å². The smallest absolute Gasteiger partial charge is 0.269 e. The minimum absolute atomic E-state index is 0.0947. The molecule has 1 aromatic heterocycles. The van der Waals surface area contributed by atoms with Crippen molar-refractivity contribution in [1.82, 2.24) is 9.88 Å². The minimum Gasteiger partial charge on any atom is -0.329 e. The summed E-state index contributed by atoms with van der Waals surface area (Å²) in [5, 5.41) is 15.9. The van der Waals surface area contributed by atoms with Gasteiger partial charge in [-0.25, -0.2) is 4.98 Å². The quantitative estimate of drug-likeness (QED) is 0.413. The van der Waals surface area contributed by atoms with Crippen molar-refractivity contribution in [2.24, 2.45) is 5.92 Å². The van der Waals surface area contributed by atoms with Crippen molar-refractivity contribution >= 4 is 34.0 Å². The SMILES string of the molecule is CC(C)CN(CC(=O)Nc1nc(-c2ccccc2)cs1)C(=O)c1ccc([N+](=O)[O-])cc1. The average molecular weight is 439 g/mol. The van der Waals surface area contributed by atoms with Crippen LogP contribution >= 0.6 is 11.3 Å². The van der Waals surface area contributed by atoms with Crippen LogP contribution in [0.2, 0.25) is 0 Å². The number of amides is 2. The second-order valence-electron chi connectivity index (χ2n) is 7.34. The van der Waals surface area contributed by atoms with E-state index in [1.807, 2.05) is 49.6 Å². The second kappa shape index (κ2) is 9.94. The Balaban J connectivity index is 1.69. The highest BCUT2D eigenvalue weighted by atomic mass is 32.1. The van der Waals surface area contributed by atoms with Gasteiger partial charge in [0.05, 0.1) is 10.6 Å². The highest BCUT2D eigenvalue weighted by Crippen LogP contribution is 2.24. The summed E-state index contributed by atoms with van der Waals surface area (Å²) in [6.07, 6.45) is 0. The highest BCUT2D eigenvalue weighted by Gasteiger charge is 2.21. The number of nitro groups is 1. The molecule has 0 radical (unpaired) electrons. The number of rotatable bonds is 8. The maximum Gasteiger partial charge on any atom is 0.269 e. The second-order valence-corrected chi connectivity index (χ2v) is 8.19. The van der Waals surface area contributed by atoms with E-state index >= 15 is 0 Å². The molecule has 9 heteroatoms. The van der Waals surface area contributed by atoms with Crippen molar-refractivity contribution in [2.45, 2.75) is 13.8 Å². The predicted octanol–water partition coefficient (Wildman–Crippen LogP) is 4.46. The molecule has 3 aromatic rings. The fourth-order valence-electron chi connectivity index (χ4n) is 2.97. The molecule has 2 aromatic carbocycles. The Labute approximate surface area is 183 Å².